The number of likely N-dealkylation sites (tertiary alicyclic amines) is 1. The van der Waals surface area contributed by atoms with Crippen LogP contribution in [0.3, 0.4) is 0 Å². The second kappa shape index (κ2) is 8.35. The molecule has 0 aromatic heterocycles. The first-order chi connectivity index (χ1) is 14.1. The Kier molecular flexibility index (Phi) is 5.47. The van der Waals surface area contributed by atoms with Gasteiger partial charge < -0.3 is 14.4 Å². The van der Waals surface area contributed by atoms with Gasteiger partial charge in [0.1, 0.15) is 11.5 Å². The third kappa shape index (κ3) is 4.40. The van der Waals surface area contributed by atoms with Crippen molar-refractivity contribution in [3.63, 3.8) is 0 Å². The van der Waals surface area contributed by atoms with Gasteiger partial charge >= 0.3 is 5.97 Å². The summed E-state index contributed by atoms with van der Waals surface area (Å²) < 4.78 is 10.8. The lowest BCUT2D eigenvalue weighted by atomic mass is 10.1. The van der Waals surface area contributed by atoms with Crippen molar-refractivity contribution < 1.29 is 19.1 Å². The zero-order valence-corrected chi connectivity index (χ0v) is 16.3. The van der Waals surface area contributed by atoms with Gasteiger partial charge in [0.15, 0.2) is 0 Å². The number of esters is 1. The summed E-state index contributed by atoms with van der Waals surface area (Å²) in [4.78, 5) is 26.7. The minimum atomic E-state index is -0.431. The fraction of sp³-hybridized carbons (Fsp3) is 0.250. The molecule has 0 saturated carbocycles. The molecule has 0 radical (unpaired) electrons. The van der Waals surface area contributed by atoms with Gasteiger partial charge in [0.05, 0.1) is 13.0 Å². The number of rotatable bonds is 6. The van der Waals surface area contributed by atoms with E-state index in [9.17, 15) is 9.59 Å². The van der Waals surface area contributed by atoms with Crippen molar-refractivity contribution in [1.29, 1.82) is 0 Å². The molecular weight excluding hydrogens is 366 g/mol. The lowest BCUT2D eigenvalue weighted by molar-refractivity contribution is -0.139. The van der Waals surface area contributed by atoms with Crippen molar-refractivity contribution in [2.75, 3.05) is 20.2 Å². The summed E-state index contributed by atoms with van der Waals surface area (Å²) in [6.07, 6.45) is 0.982. The van der Waals surface area contributed by atoms with E-state index in [1.165, 1.54) is 5.56 Å². The second-order valence-corrected chi connectivity index (χ2v) is 7.27. The monoisotopic (exact) mass is 389 g/mol. The topological polar surface area (TPSA) is 55.8 Å². The quantitative estimate of drug-likeness (QED) is 0.475. The zero-order valence-electron chi connectivity index (χ0n) is 16.3. The largest absolute Gasteiger partial charge is 0.497 e. The van der Waals surface area contributed by atoms with E-state index in [1.807, 2.05) is 60.7 Å². The van der Waals surface area contributed by atoms with Crippen molar-refractivity contribution in [3.05, 3.63) is 72.3 Å². The van der Waals surface area contributed by atoms with Crippen LogP contribution in [0.15, 0.2) is 66.7 Å². The van der Waals surface area contributed by atoms with E-state index in [0.29, 0.717) is 18.8 Å². The molecule has 1 saturated heterocycles. The maximum atomic E-state index is 12.6. The van der Waals surface area contributed by atoms with Crippen LogP contribution in [0, 0.1) is 5.92 Å². The SMILES string of the molecule is COc1ccc2ccc(OC(=O)C3CC(=O)N(CCc4ccccc4)C3)cc2c1. The minimum absolute atomic E-state index is 0.00567. The van der Waals surface area contributed by atoms with E-state index < -0.39 is 5.92 Å². The first-order valence-corrected chi connectivity index (χ1v) is 9.73. The van der Waals surface area contributed by atoms with Gasteiger partial charge in [-0.15, -0.1) is 0 Å². The van der Waals surface area contributed by atoms with Crippen LogP contribution < -0.4 is 9.47 Å². The molecule has 0 aliphatic carbocycles. The summed E-state index contributed by atoms with van der Waals surface area (Å²) in [5.41, 5.74) is 1.18. The summed E-state index contributed by atoms with van der Waals surface area (Å²) in [6, 6.07) is 21.3. The highest BCUT2D eigenvalue weighted by Gasteiger charge is 2.35. The molecule has 1 heterocycles. The number of hydrogen-bond donors (Lipinski definition) is 0. The average molecular weight is 389 g/mol. The number of nitrogens with zero attached hydrogens (tertiary/aromatic N) is 1. The van der Waals surface area contributed by atoms with Crippen LogP contribution >= 0.6 is 0 Å². The van der Waals surface area contributed by atoms with Gasteiger partial charge in [-0.05, 0) is 47.0 Å². The molecule has 0 bridgehead atoms. The van der Waals surface area contributed by atoms with Gasteiger partial charge in [0, 0.05) is 19.5 Å². The van der Waals surface area contributed by atoms with Gasteiger partial charge in [0.2, 0.25) is 5.91 Å². The Morgan fingerprint density at radius 2 is 1.72 bits per heavy atom. The molecule has 3 aromatic rings. The lowest BCUT2D eigenvalue weighted by Crippen LogP contribution is -2.29. The van der Waals surface area contributed by atoms with E-state index in [4.69, 9.17) is 9.47 Å². The van der Waals surface area contributed by atoms with Crippen LogP contribution in [-0.4, -0.2) is 37.0 Å². The Bertz CT molecular complexity index is 1030. The van der Waals surface area contributed by atoms with Crippen LogP contribution in [0.5, 0.6) is 11.5 Å². The predicted molar refractivity (Wildman–Crippen MR) is 111 cm³/mol. The standard InChI is InChI=1S/C24H23NO4/c1-28-21-9-7-18-8-10-22(14-19(18)13-21)29-24(27)20-15-23(26)25(16-20)12-11-17-5-3-2-4-6-17/h2-10,13-14,20H,11-12,15-16H2,1H3. The number of benzene rings is 3. The van der Waals surface area contributed by atoms with Gasteiger partial charge in [-0.25, -0.2) is 0 Å². The summed E-state index contributed by atoms with van der Waals surface area (Å²) in [5, 5.41) is 1.97. The van der Waals surface area contributed by atoms with Gasteiger partial charge in [-0.3, -0.25) is 9.59 Å². The zero-order chi connectivity index (χ0) is 20.2. The number of amides is 1. The van der Waals surface area contributed by atoms with Crippen LogP contribution in [0.25, 0.3) is 10.8 Å². The van der Waals surface area contributed by atoms with E-state index in [1.54, 1.807) is 18.1 Å². The fourth-order valence-corrected chi connectivity index (χ4v) is 3.65. The fourth-order valence-electron chi connectivity index (χ4n) is 3.65. The first kappa shape index (κ1) is 19.0. The average Bonchev–Trinajstić information content (AvgIpc) is 3.13. The molecule has 148 valence electrons. The van der Waals surface area contributed by atoms with E-state index in [-0.39, 0.29) is 18.3 Å². The summed E-state index contributed by atoms with van der Waals surface area (Å²) in [6.45, 7) is 1.02. The normalized spacial score (nSPS) is 16.2. The Labute approximate surface area is 169 Å². The van der Waals surface area contributed by atoms with Crippen LogP contribution in [0.1, 0.15) is 12.0 Å². The number of hydrogen-bond acceptors (Lipinski definition) is 4. The Balaban J connectivity index is 1.38. The predicted octanol–water partition coefficient (Wildman–Crippen LogP) is 3.85. The van der Waals surface area contributed by atoms with Gasteiger partial charge in [-0.2, -0.15) is 0 Å². The molecule has 1 amide bonds. The third-order valence-corrected chi connectivity index (χ3v) is 5.30. The molecule has 29 heavy (non-hydrogen) atoms. The molecule has 3 aromatic carbocycles. The van der Waals surface area contributed by atoms with Crippen LogP contribution in [0.2, 0.25) is 0 Å². The van der Waals surface area contributed by atoms with E-state index in [0.717, 1.165) is 22.9 Å². The highest BCUT2D eigenvalue weighted by atomic mass is 16.5. The highest BCUT2D eigenvalue weighted by Crippen LogP contribution is 2.27. The smallest absolute Gasteiger partial charge is 0.316 e. The molecule has 5 heteroatoms. The van der Waals surface area contributed by atoms with Crippen molar-refractivity contribution in [3.8, 4) is 11.5 Å². The third-order valence-electron chi connectivity index (χ3n) is 5.30. The number of ether oxygens (including phenoxy) is 2. The maximum absolute atomic E-state index is 12.6. The molecule has 1 fully saturated rings. The maximum Gasteiger partial charge on any atom is 0.316 e. The Morgan fingerprint density at radius 3 is 2.48 bits per heavy atom. The molecule has 1 atom stereocenters. The van der Waals surface area contributed by atoms with E-state index >= 15 is 0 Å². The van der Waals surface area contributed by atoms with E-state index in [2.05, 4.69) is 0 Å². The molecule has 1 aliphatic rings. The molecule has 0 N–H and O–H groups in total. The van der Waals surface area contributed by atoms with Crippen molar-refractivity contribution in [1.82, 2.24) is 4.90 Å². The minimum Gasteiger partial charge on any atom is -0.497 e. The number of methoxy groups -OCH3 is 1. The second-order valence-electron chi connectivity index (χ2n) is 7.27. The van der Waals surface area contributed by atoms with Crippen molar-refractivity contribution in [2.45, 2.75) is 12.8 Å². The molecule has 5 nitrogen and oxygen atoms in total. The van der Waals surface area contributed by atoms with Gasteiger partial charge in [-0.1, -0.05) is 42.5 Å². The van der Waals surface area contributed by atoms with Crippen LogP contribution in [0.4, 0.5) is 0 Å². The number of fused-ring (bicyclic) bond motifs is 1. The lowest BCUT2D eigenvalue weighted by Gasteiger charge is -2.16. The molecule has 4 rings (SSSR count). The number of carbonyl (C=O) groups excluding carboxylic acids is 2. The highest BCUT2D eigenvalue weighted by molar-refractivity contribution is 5.89. The van der Waals surface area contributed by atoms with Crippen LogP contribution in [-0.2, 0) is 16.0 Å². The Hall–Kier alpha value is -3.34. The molecule has 1 unspecified atom stereocenters. The van der Waals surface area contributed by atoms with Gasteiger partial charge in [0.25, 0.3) is 0 Å². The summed E-state index contributed by atoms with van der Waals surface area (Å²) in [7, 11) is 1.62. The molecule has 1 aliphatic heterocycles. The Morgan fingerprint density at radius 1 is 1.00 bits per heavy atom. The number of carbonyl (C=O) groups is 2. The van der Waals surface area contributed by atoms with Crippen molar-refractivity contribution in [2.24, 2.45) is 5.92 Å². The van der Waals surface area contributed by atoms with Crippen molar-refractivity contribution >= 4 is 22.6 Å². The first-order valence-electron chi connectivity index (χ1n) is 9.73. The summed E-state index contributed by atoms with van der Waals surface area (Å²) >= 11 is 0. The summed E-state index contributed by atoms with van der Waals surface area (Å²) in [5.74, 6) is 0.440. The molecule has 0 spiro atoms. The molecular formula is C24H23NO4.